The van der Waals surface area contributed by atoms with Gasteiger partial charge in [0.2, 0.25) is 5.95 Å². The van der Waals surface area contributed by atoms with Crippen molar-refractivity contribution >= 4 is 11.8 Å². The molecule has 0 aliphatic carbocycles. The van der Waals surface area contributed by atoms with Crippen LogP contribution in [-0.4, -0.2) is 35.8 Å². The molecule has 6 nitrogen and oxygen atoms in total. The lowest BCUT2D eigenvalue weighted by Crippen LogP contribution is -2.33. The second kappa shape index (κ2) is 6.44. The number of nitrogen functional groups attached to an aromatic ring is 1. The number of anilines is 2. The largest absolute Gasteiger partial charge is 0.433 e. The molecule has 0 radical (unpaired) electrons. The van der Waals surface area contributed by atoms with Crippen molar-refractivity contribution in [1.29, 1.82) is 0 Å². The molecular weight excluding hydrogens is 287 g/mol. The average molecular weight is 305 g/mol. The summed E-state index contributed by atoms with van der Waals surface area (Å²) in [5, 5.41) is 0. The summed E-state index contributed by atoms with van der Waals surface area (Å²) in [5.74, 6) is 5.08. The first-order valence-corrected chi connectivity index (χ1v) is 6.73. The van der Waals surface area contributed by atoms with Gasteiger partial charge in [0.25, 0.3) is 0 Å². The molecule has 2 rings (SSSR count). The van der Waals surface area contributed by atoms with E-state index in [2.05, 4.69) is 15.4 Å². The number of aromatic nitrogens is 2. The third-order valence-corrected chi connectivity index (χ3v) is 3.29. The molecule has 1 saturated heterocycles. The zero-order chi connectivity index (χ0) is 15.5. The molecule has 1 aromatic rings. The number of nitrogens with one attached hydrogen (secondary N) is 1. The van der Waals surface area contributed by atoms with E-state index in [4.69, 9.17) is 10.6 Å². The molecule has 1 aliphatic heterocycles. The lowest BCUT2D eigenvalue weighted by atomic mass is 10.2. The molecule has 0 saturated carbocycles. The molecular formula is C12H18F3N5O. The Labute approximate surface area is 120 Å². The van der Waals surface area contributed by atoms with Gasteiger partial charge in [-0.1, -0.05) is 0 Å². The zero-order valence-corrected chi connectivity index (χ0v) is 11.7. The van der Waals surface area contributed by atoms with Gasteiger partial charge in [0.05, 0.1) is 6.10 Å². The van der Waals surface area contributed by atoms with Gasteiger partial charge in [-0.05, 0) is 19.8 Å². The molecule has 118 valence electrons. The van der Waals surface area contributed by atoms with Gasteiger partial charge in [-0.2, -0.15) is 18.2 Å². The topological polar surface area (TPSA) is 76.3 Å². The third kappa shape index (κ3) is 3.94. The zero-order valence-electron chi connectivity index (χ0n) is 11.7. The fourth-order valence-corrected chi connectivity index (χ4v) is 2.22. The number of likely N-dealkylation sites (N-methyl/N-ethyl adjacent to an activating group) is 1. The molecule has 0 aromatic carbocycles. The van der Waals surface area contributed by atoms with Gasteiger partial charge in [0.15, 0.2) is 5.69 Å². The first-order chi connectivity index (χ1) is 9.94. The van der Waals surface area contributed by atoms with E-state index in [0.717, 1.165) is 18.9 Å². The van der Waals surface area contributed by atoms with Crippen molar-refractivity contribution in [2.24, 2.45) is 5.84 Å². The van der Waals surface area contributed by atoms with Crippen molar-refractivity contribution in [2.45, 2.75) is 32.0 Å². The quantitative estimate of drug-likeness (QED) is 0.638. The minimum Gasteiger partial charge on any atom is -0.376 e. The minimum atomic E-state index is -4.55. The summed E-state index contributed by atoms with van der Waals surface area (Å²) >= 11 is 0. The first kappa shape index (κ1) is 15.8. The summed E-state index contributed by atoms with van der Waals surface area (Å²) in [6.45, 7) is 3.54. The Morgan fingerprint density at radius 3 is 2.76 bits per heavy atom. The van der Waals surface area contributed by atoms with Crippen molar-refractivity contribution in [3.63, 3.8) is 0 Å². The molecule has 1 fully saturated rings. The number of nitrogens with zero attached hydrogens (tertiary/aromatic N) is 3. The number of hydrogen-bond acceptors (Lipinski definition) is 6. The predicted octanol–water partition coefficient (Wildman–Crippen LogP) is 1.79. The lowest BCUT2D eigenvalue weighted by molar-refractivity contribution is -0.141. The molecule has 0 spiro atoms. The van der Waals surface area contributed by atoms with Crippen molar-refractivity contribution in [3.8, 4) is 0 Å². The Kier molecular flexibility index (Phi) is 4.84. The maximum Gasteiger partial charge on any atom is 0.433 e. The Hall–Kier alpha value is -1.61. The Morgan fingerprint density at radius 2 is 2.24 bits per heavy atom. The summed E-state index contributed by atoms with van der Waals surface area (Å²) in [6, 6.07) is 0.930. The maximum absolute atomic E-state index is 12.9. The molecule has 0 amide bonds. The van der Waals surface area contributed by atoms with E-state index in [-0.39, 0.29) is 17.9 Å². The summed E-state index contributed by atoms with van der Waals surface area (Å²) in [6.07, 6.45) is -2.67. The number of hydrazine groups is 1. The summed E-state index contributed by atoms with van der Waals surface area (Å²) < 4.78 is 44.1. The second-order valence-corrected chi connectivity index (χ2v) is 4.75. The molecule has 9 heteroatoms. The minimum absolute atomic E-state index is 0.0172. The maximum atomic E-state index is 12.9. The molecule has 3 N–H and O–H groups in total. The van der Waals surface area contributed by atoms with Crippen LogP contribution in [0.3, 0.4) is 0 Å². The monoisotopic (exact) mass is 305 g/mol. The van der Waals surface area contributed by atoms with Crippen LogP contribution in [0.25, 0.3) is 0 Å². The SMILES string of the molecule is CCN(CC1CCCO1)c1cc(C(F)(F)F)nc(NN)n1. The van der Waals surface area contributed by atoms with E-state index in [0.29, 0.717) is 19.7 Å². The standard InChI is InChI=1S/C12H18F3N5O/c1-2-20(7-8-4-3-5-21-8)10-6-9(12(13,14)15)17-11(18-10)19-16/h6,8H,2-5,7,16H2,1H3,(H,17,18,19). The number of halogens is 3. The van der Waals surface area contributed by atoms with Crippen molar-refractivity contribution in [3.05, 3.63) is 11.8 Å². The Bertz CT molecular complexity index is 476. The highest BCUT2D eigenvalue weighted by molar-refractivity contribution is 5.45. The summed E-state index contributed by atoms with van der Waals surface area (Å²) in [7, 11) is 0. The normalized spacial score (nSPS) is 18.8. The molecule has 21 heavy (non-hydrogen) atoms. The number of nitrogens with two attached hydrogens (primary N) is 1. The van der Waals surface area contributed by atoms with E-state index in [1.165, 1.54) is 0 Å². The highest BCUT2D eigenvalue weighted by Gasteiger charge is 2.34. The van der Waals surface area contributed by atoms with Crippen LogP contribution in [0.1, 0.15) is 25.5 Å². The summed E-state index contributed by atoms with van der Waals surface area (Å²) in [4.78, 5) is 9.07. The molecule has 0 bridgehead atoms. The predicted molar refractivity (Wildman–Crippen MR) is 71.7 cm³/mol. The second-order valence-electron chi connectivity index (χ2n) is 4.75. The Morgan fingerprint density at radius 1 is 1.48 bits per heavy atom. The third-order valence-electron chi connectivity index (χ3n) is 3.29. The van der Waals surface area contributed by atoms with Crippen LogP contribution < -0.4 is 16.2 Å². The number of hydrogen-bond donors (Lipinski definition) is 2. The van der Waals surface area contributed by atoms with Gasteiger partial charge in [0.1, 0.15) is 5.82 Å². The fourth-order valence-electron chi connectivity index (χ4n) is 2.22. The van der Waals surface area contributed by atoms with Crippen LogP contribution in [0.5, 0.6) is 0 Å². The number of rotatable bonds is 5. The molecule has 1 aromatic heterocycles. The molecule has 1 unspecified atom stereocenters. The highest BCUT2D eigenvalue weighted by atomic mass is 19.4. The van der Waals surface area contributed by atoms with Gasteiger partial charge >= 0.3 is 6.18 Å². The van der Waals surface area contributed by atoms with Crippen LogP contribution in [-0.2, 0) is 10.9 Å². The van der Waals surface area contributed by atoms with Crippen LogP contribution in [0.4, 0.5) is 24.9 Å². The van der Waals surface area contributed by atoms with E-state index in [1.54, 1.807) is 4.90 Å². The van der Waals surface area contributed by atoms with Gasteiger partial charge < -0.3 is 9.64 Å². The first-order valence-electron chi connectivity index (χ1n) is 6.73. The van der Waals surface area contributed by atoms with Crippen LogP contribution in [0.2, 0.25) is 0 Å². The summed E-state index contributed by atoms with van der Waals surface area (Å²) in [5.41, 5.74) is 1.05. The van der Waals surface area contributed by atoms with Crippen molar-refractivity contribution in [1.82, 2.24) is 9.97 Å². The van der Waals surface area contributed by atoms with Gasteiger partial charge in [0, 0.05) is 25.8 Å². The van der Waals surface area contributed by atoms with E-state index in [1.807, 2.05) is 6.92 Å². The number of alkyl halides is 3. The molecule has 1 atom stereocenters. The molecule has 2 heterocycles. The van der Waals surface area contributed by atoms with Gasteiger partial charge in [-0.3, -0.25) is 5.43 Å². The number of ether oxygens (including phenoxy) is 1. The van der Waals surface area contributed by atoms with Gasteiger partial charge in [-0.15, -0.1) is 0 Å². The highest BCUT2D eigenvalue weighted by Crippen LogP contribution is 2.30. The lowest BCUT2D eigenvalue weighted by Gasteiger charge is -2.25. The molecule has 1 aliphatic rings. The van der Waals surface area contributed by atoms with E-state index < -0.39 is 11.9 Å². The van der Waals surface area contributed by atoms with Crippen molar-refractivity contribution in [2.75, 3.05) is 30.0 Å². The Balaban J connectivity index is 2.26. The van der Waals surface area contributed by atoms with Crippen molar-refractivity contribution < 1.29 is 17.9 Å². The smallest absolute Gasteiger partial charge is 0.376 e. The average Bonchev–Trinajstić information content (AvgIpc) is 2.96. The fraction of sp³-hybridized carbons (Fsp3) is 0.667. The van der Waals surface area contributed by atoms with Crippen LogP contribution in [0.15, 0.2) is 6.07 Å². The van der Waals surface area contributed by atoms with E-state index in [9.17, 15) is 13.2 Å². The van der Waals surface area contributed by atoms with Crippen LogP contribution >= 0.6 is 0 Å². The van der Waals surface area contributed by atoms with Gasteiger partial charge in [-0.25, -0.2) is 10.8 Å². The van der Waals surface area contributed by atoms with E-state index >= 15 is 0 Å². The van der Waals surface area contributed by atoms with Crippen LogP contribution in [0, 0.1) is 0 Å².